The minimum absolute atomic E-state index is 0.103. The molecule has 1 N–H and O–H groups in total. The highest BCUT2D eigenvalue weighted by Crippen LogP contribution is 2.32. The summed E-state index contributed by atoms with van der Waals surface area (Å²) in [5.74, 6) is 1.39. The Hall–Kier alpha value is -3.15. The van der Waals surface area contributed by atoms with E-state index in [2.05, 4.69) is 0 Å². The third-order valence-electron chi connectivity index (χ3n) is 4.43. The number of nitrogens with zero attached hydrogens (tertiary/aromatic N) is 1. The van der Waals surface area contributed by atoms with Crippen molar-refractivity contribution in [3.05, 3.63) is 57.9 Å². The second-order valence-electron chi connectivity index (χ2n) is 6.07. The van der Waals surface area contributed by atoms with E-state index in [9.17, 15) is 9.90 Å². The summed E-state index contributed by atoms with van der Waals surface area (Å²) in [6.45, 7) is 2.21. The molecule has 0 amide bonds. The van der Waals surface area contributed by atoms with Crippen LogP contribution in [0.15, 0.2) is 45.6 Å². The summed E-state index contributed by atoms with van der Waals surface area (Å²) >= 11 is 0. The van der Waals surface area contributed by atoms with E-state index in [1.807, 2.05) is 30.1 Å². The SMILES string of the molecule is COc1ccc(N(C)Cc2cc(=O)oc3c(C)c(O)ccc23)cc1OC. The summed E-state index contributed by atoms with van der Waals surface area (Å²) < 4.78 is 15.9. The highest BCUT2D eigenvalue weighted by Gasteiger charge is 2.14. The molecule has 26 heavy (non-hydrogen) atoms. The van der Waals surface area contributed by atoms with Crippen LogP contribution in [0.5, 0.6) is 17.2 Å². The van der Waals surface area contributed by atoms with Crippen LogP contribution in [0, 0.1) is 6.92 Å². The second kappa shape index (κ2) is 7.00. The Balaban J connectivity index is 2.01. The van der Waals surface area contributed by atoms with E-state index in [0.29, 0.717) is 29.2 Å². The third-order valence-corrected chi connectivity index (χ3v) is 4.43. The number of benzene rings is 2. The van der Waals surface area contributed by atoms with Crippen molar-refractivity contribution in [2.45, 2.75) is 13.5 Å². The highest BCUT2D eigenvalue weighted by atomic mass is 16.5. The van der Waals surface area contributed by atoms with Crippen molar-refractivity contribution in [3.8, 4) is 17.2 Å². The number of rotatable bonds is 5. The zero-order chi connectivity index (χ0) is 18.8. The molecule has 0 unspecified atom stereocenters. The van der Waals surface area contributed by atoms with E-state index in [1.54, 1.807) is 33.3 Å². The second-order valence-corrected chi connectivity index (χ2v) is 6.07. The van der Waals surface area contributed by atoms with Crippen LogP contribution in [-0.4, -0.2) is 26.4 Å². The molecule has 3 rings (SSSR count). The maximum Gasteiger partial charge on any atom is 0.336 e. The van der Waals surface area contributed by atoms with Gasteiger partial charge in [0, 0.05) is 42.4 Å². The van der Waals surface area contributed by atoms with Crippen LogP contribution >= 0.6 is 0 Å². The molecule has 3 aromatic rings. The van der Waals surface area contributed by atoms with Gasteiger partial charge in [-0.15, -0.1) is 0 Å². The molecule has 1 aromatic heterocycles. The molecule has 1 heterocycles. The van der Waals surface area contributed by atoms with Gasteiger partial charge in [-0.25, -0.2) is 4.79 Å². The lowest BCUT2D eigenvalue weighted by molar-refractivity contribution is 0.355. The van der Waals surface area contributed by atoms with Gasteiger partial charge in [-0.05, 0) is 36.8 Å². The molecule has 0 saturated carbocycles. The minimum atomic E-state index is -0.443. The lowest BCUT2D eigenvalue weighted by atomic mass is 10.1. The van der Waals surface area contributed by atoms with Crippen LogP contribution in [0.4, 0.5) is 5.69 Å². The normalized spacial score (nSPS) is 10.8. The summed E-state index contributed by atoms with van der Waals surface area (Å²) in [5, 5.41) is 10.7. The number of anilines is 1. The molecule has 6 heteroatoms. The van der Waals surface area contributed by atoms with Crippen LogP contribution < -0.4 is 20.0 Å². The van der Waals surface area contributed by atoms with Crippen molar-refractivity contribution >= 4 is 16.7 Å². The third kappa shape index (κ3) is 3.18. The van der Waals surface area contributed by atoms with E-state index in [0.717, 1.165) is 16.6 Å². The number of methoxy groups -OCH3 is 2. The Morgan fingerprint density at radius 1 is 1.08 bits per heavy atom. The molecular weight excluding hydrogens is 334 g/mol. The monoisotopic (exact) mass is 355 g/mol. The number of fused-ring (bicyclic) bond motifs is 1. The van der Waals surface area contributed by atoms with E-state index in [1.165, 1.54) is 6.07 Å². The molecule has 0 fully saturated rings. The zero-order valence-corrected chi connectivity index (χ0v) is 15.2. The summed E-state index contributed by atoms with van der Waals surface area (Å²) in [6.07, 6.45) is 0. The van der Waals surface area contributed by atoms with Gasteiger partial charge in [-0.2, -0.15) is 0 Å². The van der Waals surface area contributed by atoms with Crippen molar-refractivity contribution in [2.24, 2.45) is 0 Å². The molecule has 0 saturated heterocycles. The molecule has 0 aliphatic rings. The Morgan fingerprint density at radius 3 is 2.50 bits per heavy atom. The van der Waals surface area contributed by atoms with Crippen molar-refractivity contribution in [3.63, 3.8) is 0 Å². The summed E-state index contributed by atoms with van der Waals surface area (Å²) in [4.78, 5) is 14.0. The minimum Gasteiger partial charge on any atom is -0.508 e. The van der Waals surface area contributed by atoms with Gasteiger partial charge in [0.15, 0.2) is 11.5 Å². The van der Waals surface area contributed by atoms with Crippen molar-refractivity contribution in [2.75, 3.05) is 26.2 Å². The largest absolute Gasteiger partial charge is 0.508 e. The van der Waals surface area contributed by atoms with Crippen molar-refractivity contribution < 1.29 is 19.0 Å². The Kier molecular flexibility index (Phi) is 4.75. The number of aromatic hydroxyl groups is 1. The molecule has 0 bridgehead atoms. The van der Waals surface area contributed by atoms with Gasteiger partial charge >= 0.3 is 5.63 Å². The Labute approximate surface area is 151 Å². The fourth-order valence-corrected chi connectivity index (χ4v) is 2.96. The fraction of sp³-hybridized carbons (Fsp3) is 0.250. The molecular formula is C20H21NO5. The lowest BCUT2D eigenvalue weighted by Gasteiger charge is -2.21. The first kappa shape index (κ1) is 17.7. The van der Waals surface area contributed by atoms with Crippen LogP contribution in [-0.2, 0) is 6.54 Å². The average molecular weight is 355 g/mol. The molecule has 136 valence electrons. The van der Waals surface area contributed by atoms with Crippen molar-refractivity contribution in [1.82, 2.24) is 0 Å². The first-order valence-corrected chi connectivity index (χ1v) is 8.13. The number of phenols is 1. The number of phenolic OH excluding ortho intramolecular Hbond substituents is 1. The lowest BCUT2D eigenvalue weighted by Crippen LogP contribution is -2.18. The predicted molar refractivity (Wildman–Crippen MR) is 101 cm³/mol. The van der Waals surface area contributed by atoms with Crippen LogP contribution in [0.2, 0.25) is 0 Å². The predicted octanol–water partition coefficient (Wildman–Crippen LogP) is 3.46. The molecule has 6 nitrogen and oxygen atoms in total. The number of ether oxygens (including phenoxy) is 2. The van der Waals surface area contributed by atoms with E-state index in [-0.39, 0.29) is 5.75 Å². The molecule has 0 spiro atoms. The fourth-order valence-electron chi connectivity index (χ4n) is 2.96. The van der Waals surface area contributed by atoms with Gasteiger partial charge < -0.3 is 23.9 Å². The van der Waals surface area contributed by atoms with Gasteiger partial charge in [0.05, 0.1) is 14.2 Å². The van der Waals surface area contributed by atoms with E-state index in [4.69, 9.17) is 13.9 Å². The van der Waals surface area contributed by atoms with Gasteiger partial charge in [0.25, 0.3) is 0 Å². The topological polar surface area (TPSA) is 72.1 Å². The quantitative estimate of drug-likeness (QED) is 0.707. The van der Waals surface area contributed by atoms with Gasteiger partial charge in [0.1, 0.15) is 11.3 Å². The Morgan fingerprint density at radius 2 is 1.81 bits per heavy atom. The highest BCUT2D eigenvalue weighted by molar-refractivity contribution is 5.85. The summed E-state index contributed by atoms with van der Waals surface area (Å²) in [7, 11) is 5.11. The van der Waals surface area contributed by atoms with Crippen molar-refractivity contribution in [1.29, 1.82) is 0 Å². The van der Waals surface area contributed by atoms with Gasteiger partial charge in [0.2, 0.25) is 0 Å². The molecule has 0 radical (unpaired) electrons. The molecule has 2 aromatic carbocycles. The molecule has 0 aliphatic carbocycles. The maximum absolute atomic E-state index is 12.0. The molecule has 0 atom stereocenters. The number of aryl methyl sites for hydroxylation is 1. The van der Waals surface area contributed by atoms with Crippen LogP contribution in [0.1, 0.15) is 11.1 Å². The van der Waals surface area contributed by atoms with Gasteiger partial charge in [-0.1, -0.05) is 0 Å². The number of hydrogen-bond acceptors (Lipinski definition) is 6. The molecule has 0 aliphatic heterocycles. The standard InChI is InChI=1S/C20H21NO5/c1-12-16(22)7-6-15-13(9-19(23)26-20(12)15)11-21(2)14-5-8-17(24-3)18(10-14)25-4/h5-10,22H,11H2,1-4H3. The summed E-state index contributed by atoms with van der Waals surface area (Å²) in [6, 6.07) is 10.5. The van der Waals surface area contributed by atoms with E-state index >= 15 is 0 Å². The smallest absolute Gasteiger partial charge is 0.336 e. The average Bonchev–Trinajstić information content (AvgIpc) is 2.64. The maximum atomic E-state index is 12.0. The van der Waals surface area contributed by atoms with Crippen LogP contribution in [0.25, 0.3) is 11.0 Å². The number of hydrogen-bond donors (Lipinski definition) is 1. The zero-order valence-electron chi connectivity index (χ0n) is 15.2. The van der Waals surface area contributed by atoms with E-state index < -0.39 is 5.63 Å². The Bertz CT molecular complexity index is 1010. The first-order chi connectivity index (χ1) is 12.4. The summed E-state index contributed by atoms with van der Waals surface area (Å²) in [5.41, 5.74) is 2.25. The first-order valence-electron chi connectivity index (χ1n) is 8.13. The van der Waals surface area contributed by atoms with Gasteiger partial charge in [-0.3, -0.25) is 0 Å². The van der Waals surface area contributed by atoms with Crippen LogP contribution in [0.3, 0.4) is 0 Å².